The molecule has 2 aromatic heterocycles. The molecule has 1 saturated heterocycles. The number of hydrogen-bond donors (Lipinski definition) is 1. The molecule has 1 aliphatic heterocycles. The van der Waals surface area contributed by atoms with E-state index in [4.69, 9.17) is 4.42 Å². The van der Waals surface area contributed by atoms with Gasteiger partial charge >= 0.3 is 0 Å². The number of furan rings is 1. The molecule has 140 valence electrons. The van der Waals surface area contributed by atoms with Gasteiger partial charge in [-0.3, -0.25) is 4.79 Å². The Hall–Kier alpha value is -2.21. The summed E-state index contributed by atoms with van der Waals surface area (Å²) in [5.41, 5.74) is -0.483. The molecule has 6 heteroatoms. The van der Waals surface area contributed by atoms with Crippen LogP contribution in [0, 0.1) is 12.9 Å². The molecule has 5 nitrogen and oxygen atoms in total. The van der Waals surface area contributed by atoms with Gasteiger partial charge in [-0.1, -0.05) is 26.8 Å². The molecule has 0 bridgehead atoms. The molecule has 26 heavy (non-hydrogen) atoms. The fraction of sp³-hybridized carbons (Fsp3) is 0.500. The number of piperidine rings is 1. The highest BCUT2D eigenvalue weighted by Crippen LogP contribution is 2.35. The Balaban J connectivity index is 1.75. The van der Waals surface area contributed by atoms with Crippen LogP contribution in [0.5, 0.6) is 0 Å². The summed E-state index contributed by atoms with van der Waals surface area (Å²) >= 11 is 0. The molecule has 1 N–H and O–H groups in total. The van der Waals surface area contributed by atoms with Gasteiger partial charge in [0, 0.05) is 35.8 Å². The maximum atomic E-state index is 13.9. The molecule has 0 aliphatic carbocycles. The van der Waals surface area contributed by atoms with Crippen molar-refractivity contribution in [1.82, 2.24) is 9.88 Å². The van der Waals surface area contributed by atoms with Crippen molar-refractivity contribution < 1.29 is 18.7 Å². The maximum Gasteiger partial charge on any atom is 0.289 e. The summed E-state index contributed by atoms with van der Waals surface area (Å²) in [7, 11) is 0. The summed E-state index contributed by atoms with van der Waals surface area (Å²) in [6.45, 7) is 8.61. The zero-order valence-electron chi connectivity index (χ0n) is 15.7. The van der Waals surface area contributed by atoms with Crippen molar-refractivity contribution in [2.24, 2.45) is 0 Å². The number of halogens is 1. The fourth-order valence-electron chi connectivity index (χ4n) is 3.29. The van der Waals surface area contributed by atoms with Crippen molar-refractivity contribution in [1.29, 1.82) is 0 Å². The van der Waals surface area contributed by atoms with Gasteiger partial charge in [-0.05, 0) is 31.9 Å². The summed E-state index contributed by atoms with van der Waals surface area (Å²) in [5, 5.41) is 10.8. The molecule has 1 aliphatic rings. The molecule has 1 amide bonds. The van der Waals surface area contributed by atoms with Crippen LogP contribution in [0.3, 0.4) is 0 Å². The monoisotopic (exact) mass is 360 g/mol. The Morgan fingerprint density at radius 1 is 1.35 bits per heavy atom. The van der Waals surface area contributed by atoms with Crippen LogP contribution < -0.4 is 0 Å². The van der Waals surface area contributed by atoms with Crippen LogP contribution in [0.1, 0.15) is 61.1 Å². The molecule has 1 fully saturated rings. The average Bonchev–Trinajstić information content (AvgIpc) is 2.97. The van der Waals surface area contributed by atoms with Gasteiger partial charge in [-0.15, -0.1) is 0 Å². The summed E-state index contributed by atoms with van der Waals surface area (Å²) in [6.07, 6.45) is 1.87. The first-order chi connectivity index (χ1) is 12.1. The molecular weight excluding hydrogens is 335 g/mol. The van der Waals surface area contributed by atoms with Gasteiger partial charge in [0.1, 0.15) is 5.76 Å². The second-order valence-corrected chi connectivity index (χ2v) is 8.04. The highest BCUT2D eigenvalue weighted by atomic mass is 19.1. The van der Waals surface area contributed by atoms with Crippen LogP contribution in [0.25, 0.3) is 0 Å². The third-order valence-corrected chi connectivity index (χ3v) is 4.99. The molecule has 3 rings (SSSR count). The van der Waals surface area contributed by atoms with Gasteiger partial charge in [0.25, 0.3) is 5.91 Å². The van der Waals surface area contributed by atoms with Gasteiger partial charge in [-0.2, -0.15) is 4.39 Å². The van der Waals surface area contributed by atoms with Gasteiger partial charge < -0.3 is 14.4 Å². The van der Waals surface area contributed by atoms with E-state index >= 15 is 0 Å². The van der Waals surface area contributed by atoms with Crippen molar-refractivity contribution in [2.75, 3.05) is 13.1 Å². The maximum absolute atomic E-state index is 13.9. The van der Waals surface area contributed by atoms with Crippen molar-refractivity contribution in [3.8, 4) is 0 Å². The van der Waals surface area contributed by atoms with E-state index in [1.807, 2.05) is 33.8 Å². The Kier molecular flexibility index (Phi) is 4.65. The molecule has 0 aromatic carbocycles. The number of carbonyl (C=O) groups is 1. The first-order valence-corrected chi connectivity index (χ1v) is 8.85. The largest absolute Gasteiger partial charge is 0.455 e. The molecule has 0 atom stereocenters. The number of hydrogen-bond acceptors (Lipinski definition) is 4. The fourth-order valence-corrected chi connectivity index (χ4v) is 3.29. The minimum atomic E-state index is -1.30. The zero-order valence-corrected chi connectivity index (χ0v) is 15.7. The van der Waals surface area contributed by atoms with Crippen LogP contribution in [0.2, 0.25) is 0 Å². The standard InChI is InChI=1S/C20H25FN2O3/c1-13-12-15(19(2,3)4)26-16(13)18(24)23-10-7-20(25,8-11-23)14-6-5-9-22-17(14)21/h5-6,9,12,25H,7-8,10-11H2,1-4H3. The van der Waals surface area contributed by atoms with E-state index in [1.165, 1.54) is 6.20 Å². The van der Waals surface area contributed by atoms with Crippen LogP contribution in [-0.2, 0) is 11.0 Å². The van der Waals surface area contributed by atoms with E-state index < -0.39 is 11.5 Å². The van der Waals surface area contributed by atoms with E-state index in [2.05, 4.69) is 4.98 Å². The number of likely N-dealkylation sites (tertiary alicyclic amines) is 1. The number of pyridine rings is 1. The summed E-state index contributed by atoms with van der Waals surface area (Å²) < 4.78 is 19.8. The predicted molar refractivity (Wildman–Crippen MR) is 95.4 cm³/mol. The van der Waals surface area contributed by atoms with E-state index in [1.54, 1.807) is 17.0 Å². The third-order valence-electron chi connectivity index (χ3n) is 4.99. The van der Waals surface area contributed by atoms with E-state index in [0.29, 0.717) is 18.8 Å². The highest BCUT2D eigenvalue weighted by molar-refractivity contribution is 5.93. The lowest BCUT2D eigenvalue weighted by Gasteiger charge is -2.38. The highest BCUT2D eigenvalue weighted by Gasteiger charge is 2.38. The number of nitrogens with zero attached hydrogens (tertiary/aromatic N) is 2. The van der Waals surface area contributed by atoms with Crippen LogP contribution in [0.15, 0.2) is 28.8 Å². The van der Waals surface area contributed by atoms with Crippen molar-refractivity contribution in [3.63, 3.8) is 0 Å². The van der Waals surface area contributed by atoms with E-state index in [9.17, 15) is 14.3 Å². The van der Waals surface area contributed by atoms with Crippen LogP contribution in [0.4, 0.5) is 4.39 Å². The summed E-state index contributed by atoms with van der Waals surface area (Å²) in [6, 6.07) is 5.05. The number of aryl methyl sites for hydroxylation is 1. The third kappa shape index (κ3) is 3.38. The second-order valence-electron chi connectivity index (χ2n) is 8.04. The predicted octanol–water partition coefficient (Wildman–Crippen LogP) is 3.54. The van der Waals surface area contributed by atoms with Gasteiger partial charge in [-0.25, -0.2) is 4.98 Å². The van der Waals surface area contributed by atoms with Crippen molar-refractivity contribution >= 4 is 5.91 Å². The topological polar surface area (TPSA) is 66.6 Å². The van der Waals surface area contributed by atoms with E-state index in [-0.39, 0.29) is 29.7 Å². The average molecular weight is 360 g/mol. The second kappa shape index (κ2) is 6.50. The Bertz CT molecular complexity index is 815. The molecule has 0 unspecified atom stereocenters. The van der Waals surface area contributed by atoms with E-state index in [0.717, 1.165) is 11.3 Å². The quantitative estimate of drug-likeness (QED) is 0.832. The van der Waals surface area contributed by atoms with Gasteiger partial charge in [0.2, 0.25) is 5.95 Å². The summed E-state index contributed by atoms with van der Waals surface area (Å²) in [4.78, 5) is 18.1. The number of aromatic nitrogens is 1. The SMILES string of the molecule is Cc1cc(C(C)(C)C)oc1C(=O)N1CCC(O)(c2cccnc2F)CC1. The zero-order chi connectivity index (χ0) is 19.1. The molecule has 3 heterocycles. The van der Waals surface area contributed by atoms with Crippen molar-refractivity contribution in [3.05, 3.63) is 53.0 Å². The first kappa shape index (κ1) is 18.6. The Labute approximate surface area is 152 Å². The number of aliphatic hydroxyl groups is 1. The minimum absolute atomic E-state index is 0.177. The molecule has 0 spiro atoms. The number of rotatable bonds is 2. The lowest BCUT2D eigenvalue weighted by Crippen LogP contribution is -2.45. The van der Waals surface area contributed by atoms with Crippen molar-refractivity contribution in [2.45, 2.75) is 51.6 Å². The minimum Gasteiger partial charge on any atom is -0.455 e. The lowest BCUT2D eigenvalue weighted by molar-refractivity contribution is -0.0247. The Morgan fingerprint density at radius 3 is 2.54 bits per heavy atom. The van der Waals surface area contributed by atoms with Gasteiger partial charge in [0.05, 0.1) is 5.60 Å². The van der Waals surface area contributed by atoms with Gasteiger partial charge in [0.15, 0.2) is 5.76 Å². The smallest absolute Gasteiger partial charge is 0.289 e. The normalized spacial score (nSPS) is 17.4. The summed E-state index contributed by atoms with van der Waals surface area (Å²) in [5.74, 6) is 0.260. The molecule has 0 radical (unpaired) electrons. The molecule has 0 saturated carbocycles. The molecule has 2 aromatic rings. The number of carbonyl (C=O) groups excluding carboxylic acids is 1. The van der Waals surface area contributed by atoms with Crippen LogP contribution >= 0.6 is 0 Å². The number of amides is 1. The van der Waals surface area contributed by atoms with Crippen LogP contribution in [-0.4, -0.2) is 34.0 Å². The first-order valence-electron chi connectivity index (χ1n) is 8.85. The molecular formula is C20H25FN2O3. The lowest BCUT2D eigenvalue weighted by atomic mass is 9.85. The Morgan fingerprint density at radius 2 is 2.00 bits per heavy atom.